The van der Waals surface area contributed by atoms with Gasteiger partial charge in [0.05, 0.1) is 6.26 Å². The minimum absolute atomic E-state index is 0.217. The van der Waals surface area contributed by atoms with Gasteiger partial charge in [0, 0.05) is 4.90 Å². The lowest BCUT2D eigenvalue weighted by atomic mass is 9.85. The van der Waals surface area contributed by atoms with Crippen LogP contribution in [0, 0.1) is 12.8 Å². The van der Waals surface area contributed by atoms with Crippen molar-refractivity contribution in [1.29, 1.82) is 0 Å². The van der Waals surface area contributed by atoms with Crippen molar-refractivity contribution < 1.29 is 14.3 Å². The summed E-state index contributed by atoms with van der Waals surface area (Å²) in [7, 11) is 1.76. The number of furan rings is 1. The van der Waals surface area contributed by atoms with E-state index in [0.29, 0.717) is 0 Å². The first-order chi connectivity index (χ1) is 9.10. The molecule has 2 N–H and O–H groups in total. The van der Waals surface area contributed by atoms with E-state index in [9.17, 15) is 9.90 Å². The number of nitrogens with one attached hydrogen (secondary N) is 1. The fraction of sp³-hybridized carbons (Fsp3) is 0.643. The molecule has 0 aromatic carbocycles. The van der Waals surface area contributed by atoms with Crippen LogP contribution in [-0.2, 0) is 4.79 Å². The van der Waals surface area contributed by atoms with E-state index in [-0.39, 0.29) is 5.92 Å². The molecule has 106 valence electrons. The SMILES string of the molecule is CNC1(C(=O)O)CCCC1CCSc1ccoc1C. The summed E-state index contributed by atoms with van der Waals surface area (Å²) in [5, 5.41) is 12.5. The third-order valence-corrected chi connectivity index (χ3v) is 5.36. The van der Waals surface area contributed by atoms with E-state index < -0.39 is 11.5 Å². The maximum Gasteiger partial charge on any atom is 0.324 e. The minimum atomic E-state index is -0.716. The number of carboxylic acids is 1. The van der Waals surface area contributed by atoms with Crippen LogP contribution in [0.3, 0.4) is 0 Å². The van der Waals surface area contributed by atoms with Gasteiger partial charge in [-0.05, 0) is 51.0 Å². The quantitative estimate of drug-likeness (QED) is 0.786. The van der Waals surface area contributed by atoms with Gasteiger partial charge in [-0.15, -0.1) is 11.8 Å². The van der Waals surface area contributed by atoms with Crippen LogP contribution in [-0.4, -0.2) is 29.4 Å². The number of carbonyl (C=O) groups is 1. The van der Waals surface area contributed by atoms with Crippen molar-refractivity contribution in [1.82, 2.24) is 5.32 Å². The summed E-state index contributed by atoms with van der Waals surface area (Å²) in [5.41, 5.74) is -0.716. The normalized spacial score (nSPS) is 26.7. The molecule has 0 aliphatic heterocycles. The lowest BCUT2D eigenvalue weighted by Crippen LogP contribution is -2.53. The van der Waals surface area contributed by atoms with Crippen LogP contribution in [0.1, 0.15) is 31.4 Å². The van der Waals surface area contributed by atoms with Crippen molar-refractivity contribution in [3.63, 3.8) is 0 Å². The highest BCUT2D eigenvalue weighted by Gasteiger charge is 2.47. The number of likely N-dealkylation sites (N-methyl/N-ethyl adjacent to an activating group) is 1. The molecule has 2 rings (SSSR count). The first-order valence-corrected chi connectivity index (χ1v) is 7.68. The van der Waals surface area contributed by atoms with Gasteiger partial charge >= 0.3 is 5.97 Å². The van der Waals surface area contributed by atoms with E-state index in [0.717, 1.165) is 42.1 Å². The van der Waals surface area contributed by atoms with E-state index in [2.05, 4.69) is 5.32 Å². The van der Waals surface area contributed by atoms with E-state index >= 15 is 0 Å². The molecular formula is C14H21NO3S. The zero-order valence-electron chi connectivity index (χ0n) is 11.4. The van der Waals surface area contributed by atoms with Crippen molar-refractivity contribution in [3.05, 3.63) is 18.1 Å². The van der Waals surface area contributed by atoms with E-state index in [1.807, 2.05) is 13.0 Å². The molecule has 1 aliphatic rings. The number of hydrogen-bond donors (Lipinski definition) is 2. The molecule has 0 spiro atoms. The summed E-state index contributed by atoms with van der Waals surface area (Å²) >= 11 is 1.75. The molecule has 1 aromatic heterocycles. The van der Waals surface area contributed by atoms with Crippen LogP contribution in [0.2, 0.25) is 0 Å². The molecule has 1 aromatic rings. The predicted molar refractivity (Wildman–Crippen MR) is 75.6 cm³/mol. The molecule has 2 unspecified atom stereocenters. The molecule has 1 fully saturated rings. The van der Waals surface area contributed by atoms with Crippen molar-refractivity contribution in [2.24, 2.45) is 5.92 Å². The van der Waals surface area contributed by atoms with Gasteiger partial charge in [0.1, 0.15) is 11.3 Å². The number of aryl methyl sites for hydroxylation is 1. The van der Waals surface area contributed by atoms with E-state index in [1.54, 1.807) is 25.1 Å². The van der Waals surface area contributed by atoms with Crippen molar-refractivity contribution in [3.8, 4) is 0 Å². The highest BCUT2D eigenvalue weighted by Crippen LogP contribution is 2.39. The van der Waals surface area contributed by atoms with Gasteiger partial charge in [0.15, 0.2) is 0 Å². The van der Waals surface area contributed by atoms with Gasteiger partial charge in [-0.25, -0.2) is 0 Å². The van der Waals surface area contributed by atoms with E-state index in [1.165, 1.54) is 0 Å². The molecule has 0 bridgehead atoms. The monoisotopic (exact) mass is 283 g/mol. The fourth-order valence-electron chi connectivity index (χ4n) is 3.02. The Balaban J connectivity index is 1.92. The zero-order valence-corrected chi connectivity index (χ0v) is 12.3. The number of thioether (sulfide) groups is 1. The molecule has 0 amide bonds. The average molecular weight is 283 g/mol. The number of aliphatic carboxylic acids is 1. The second-order valence-electron chi connectivity index (χ2n) is 5.09. The molecule has 1 aliphatic carbocycles. The summed E-state index contributed by atoms with van der Waals surface area (Å²) in [6.45, 7) is 1.95. The average Bonchev–Trinajstić information content (AvgIpc) is 2.97. The second kappa shape index (κ2) is 6.01. The Morgan fingerprint density at radius 2 is 2.47 bits per heavy atom. The first-order valence-electron chi connectivity index (χ1n) is 6.69. The maximum atomic E-state index is 11.5. The third-order valence-electron chi connectivity index (χ3n) is 4.18. The number of rotatable bonds is 6. The standard InChI is InChI=1S/C14H21NO3S/c1-10-12(5-8-18-10)19-9-6-11-4-3-7-14(11,15-2)13(16)17/h5,8,11,15H,3-4,6-7,9H2,1-2H3,(H,16,17). The molecule has 0 radical (unpaired) electrons. The molecule has 2 atom stereocenters. The molecule has 1 heterocycles. The molecule has 5 heteroatoms. The van der Waals surface area contributed by atoms with E-state index in [4.69, 9.17) is 4.42 Å². The summed E-state index contributed by atoms with van der Waals surface area (Å²) < 4.78 is 5.26. The van der Waals surface area contributed by atoms with Crippen molar-refractivity contribution >= 4 is 17.7 Å². The lowest BCUT2D eigenvalue weighted by molar-refractivity contribution is -0.146. The summed E-state index contributed by atoms with van der Waals surface area (Å²) in [5.74, 6) is 1.38. The third kappa shape index (κ3) is 2.82. The zero-order chi connectivity index (χ0) is 13.9. The van der Waals surface area contributed by atoms with Crippen LogP contribution < -0.4 is 5.32 Å². The largest absolute Gasteiger partial charge is 0.480 e. The smallest absolute Gasteiger partial charge is 0.324 e. The Labute approximate surface area is 117 Å². The van der Waals surface area contributed by atoms with Gasteiger partial charge in [-0.1, -0.05) is 6.42 Å². The molecule has 19 heavy (non-hydrogen) atoms. The van der Waals surface area contributed by atoms with Gasteiger partial charge in [0.25, 0.3) is 0 Å². The highest BCUT2D eigenvalue weighted by molar-refractivity contribution is 7.99. The Kier molecular flexibility index (Phi) is 4.58. The summed E-state index contributed by atoms with van der Waals surface area (Å²) in [6, 6.07) is 1.97. The van der Waals surface area contributed by atoms with Gasteiger partial charge < -0.3 is 14.8 Å². The Hall–Kier alpha value is -0.940. The maximum absolute atomic E-state index is 11.5. The van der Waals surface area contributed by atoms with Gasteiger partial charge in [-0.2, -0.15) is 0 Å². The lowest BCUT2D eigenvalue weighted by Gasteiger charge is -2.30. The number of carboxylic acid groups (broad SMARTS) is 1. The number of hydrogen-bond acceptors (Lipinski definition) is 4. The second-order valence-corrected chi connectivity index (χ2v) is 6.23. The summed E-state index contributed by atoms with van der Waals surface area (Å²) in [4.78, 5) is 12.7. The van der Waals surface area contributed by atoms with Crippen LogP contribution in [0.25, 0.3) is 0 Å². The Morgan fingerprint density at radius 1 is 1.68 bits per heavy atom. The highest BCUT2D eigenvalue weighted by atomic mass is 32.2. The van der Waals surface area contributed by atoms with Crippen LogP contribution in [0.4, 0.5) is 0 Å². The topological polar surface area (TPSA) is 62.5 Å². The Bertz CT molecular complexity index is 446. The molecule has 0 saturated heterocycles. The van der Waals surface area contributed by atoms with Gasteiger partial charge in [0.2, 0.25) is 0 Å². The van der Waals surface area contributed by atoms with Crippen LogP contribution in [0.15, 0.2) is 21.6 Å². The van der Waals surface area contributed by atoms with Gasteiger partial charge in [-0.3, -0.25) is 4.79 Å². The molecule has 4 nitrogen and oxygen atoms in total. The first kappa shape index (κ1) is 14.5. The Morgan fingerprint density at radius 3 is 3.05 bits per heavy atom. The fourth-order valence-corrected chi connectivity index (χ4v) is 4.05. The van der Waals surface area contributed by atoms with Crippen LogP contribution >= 0.6 is 11.8 Å². The van der Waals surface area contributed by atoms with Crippen molar-refractivity contribution in [2.45, 2.75) is 43.0 Å². The van der Waals surface area contributed by atoms with Crippen LogP contribution in [0.5, 0.6) is 0 Å². The minimum Gasteiger partial charge on any atom is -0.480 e. The molecule has 1 saturated carbocycles. The summed E-state index contributed by atoms with van der Waals surface area (Å²) in [6.07, 6.45) is 5.34. The predicted octanol–water partition coefficient (Wildman–Crippen LogP) is 2.91. The van der Waals surface area contributed by atoms with Crippen molar-refractivity contribution in [2.75, 3.05) is 12.8 Å². The molecular weight excluding hydrogens is 262 g/mol.